The van der Waals surface area contributed by atoms with Gasteiger partial charge in [-0.3, -0.25) is 4.99 Å². The highest BCUT2D eigenvalue weighted by molar-refractivity contribution is 5.79. The van der Waals surface area contributed by atoms with Crippen LogP contribution in [0.3, 0.4) is 0 Å². The summed E-state index contributed by atoms with van der Waals surface area (Å²) in [6.45, 7) is 5.28. The number of pyridine rings is 1. The Balaban J connectivity index is 1.29. The zero-order valence-electron chi connectivity index (χ0n) is 16.3. The number of imidazole rings is 1. The predicted octanol–water partition coefficient (Wildman–Crippen LogP) is 2.61. The summed E-state index contributed by atoms with van der Waals surface area (Å²) in [5, 5.41) is 6.75. The second kappa shape index (κ2) is 8.78. The van der Waals surface area contributed by atoms with Gasteiger partial charge >= 0.3 is 0 Å². The summed E-state index contributed by atoms with van der Waals surface area (Å²) in [6.07, 6.45) is 6.89. The molecule has 28 heavy (non-hydrogen) atoms. The molecule has 0 amide bonds. The second-order valence-corrected chi connectivity index (χ2v) is 6.93. The SMILES string of the molecule is CCNC(=NCCc1cn2ccccc2n1)NCCc1ccc2c(c1)CCO2. The number of benzene rings is 1. The van der Waals surface area contributed by atoms with Gasteiger partial charge in [0, 0.05) is 44.9 Å². The second-order valence-electron chi connectivity index (χ2n) is 6.93. The molecule has 4 rings (SSSR count). The van der Waals surface area contributed by atoms with Crippen LogP contribution in [0.5, 0.6) is 5.75 Å². The van der Waals surface area contributed by atoms with E-state index in [1.54, 1.807) is 0 Å². The number of rotatable bonds is 7. The number of nitrogens with zero attached hydrogens (tertiary/aromatic N) is 3. The van der Waals surface area contributed by atoms with E-state index in [0.717, 1.165) is 62.0 Å². The zero-order valence-corrected chi connectivity index (χ0v) is 16.3. The van der Waals surface area contributed by atoms with Gasteiger partial charge in [-0.25, -0.2) is 4.98 Å². The third-order valence-corrected chi connectivity index (χ3v) is 4.86. The molecule has 0 saturated carbocycles. The molecule has 3 heterocycles. The van der Waals surface area contributed by atoms with Crippen molar-refractivity contribution < 1.29 is 4.74 Å². The molecule has 6 heteroatoms. The Kier molecular flexibility index (Phi) is 5.75. The van der Waals surface area contributed by atoms with Crippen LogP contribution in [0.1, 0.15) is 23.7 Å². The normalized spacial score (nSPS) is 13.4. The van der Waals surface area contributed by atoms with Crippen LogP contribution in [-0.4, -0.2) is 41.6 Å². The highest BCUT2D eigenvalue weighted by Crippen LogP contribution is 2.25. The summed E-state index contributed by atoms with van der Waals surface area (Å²) in [7, 11) is 0. The molecule has 1 aromatic carbocycles. The standard InChI is InChI=1S/C22H27N5O/c1-2-23-22(24-11-8-17-6-7-20-18(15-17)10-14-28-20)25-12-9-19-16-27-13-4-3-5-21(27)26-19/h3-7,13,15-16H,2,8-12,14H2,1H3,(H2,23,24,25). The van der Waals surface area contributed by atoms with Gasteiger partial charge in [0.25, 0.3) is 0 Å². The number of ether oxygens (including phenoxy) is 1. The third kappa shape index (κ3) is 4.44. The minimum atomic E-state index is 0.704. The van der Waals surface area contributed by atoms with Gasteiger partial charge in [-0.05, 0) is 42.7 Å². The first-order valence-electron chi connectivity index (χ1n) is 10.0. The molecule has 3 aromatic rings. The fraction of sp³-hybridized carbons (Fsp3) is 0.364. The number of guanidine groups is 1. The summed E-state index contributed by atoms with van der Waals surface area (Å²) in [6, 6.07) is 12.5. The quantitative estimate of drug-likeness (QED) is 0.491. The zero-order chi connectivity index (χ0) is 19.2. The molecular weight excluding hydrogens is 350 g/mol. The number of hydrogen-bond donors (Lipinski definition) is 2. The summed E-state index contributed by atoms with van der Waals surface area (Å²) < 4.78 is 7.62. The van der Waals surface area contributed by atoms with Crippen molar-refractivity contribution in [2.45, 2.75) is 26.2 Å². The van der Waals surface area contributed by atoms with Crippen molar-refractivity contribution in [1.29, 1.82) is 0 Å². The van der Waals surface area contributed by atoms with E-state index in [1.807, 2.05) is 28.8 Å². The lowest BCUT2D eigenvalue weighted by Crippen LogP contribution is -2.38. The molecule has 2 N–H and O–H groups in total. The first-order valence-corrected chi connectivity index (χ1v) is 10.0. The lowest BCUT2D eigenvalue weighted by Gasteiger charge is -2.11. The maximum Gasteiger partial charge on any atom is 0.191 e. The van der Waals surface area contributed by atoms with Gasteiger partial charge in [0.2, 0.25) is 0 Å². The molecule has 0 aliphatic carbocycles. The Morgan fingerprint density at radius 2 is 2.18 bits per heavy atom. The maximum atomic E-state index is 5.58. The minimum Gasteiger partial charge on any atom is -0.493 e. The lowest BCUT2D eigenvalue weighted by molar-refractivity contribution is 0.357. The smallest absolute Gasteiger partial charge is 0.191 e. The van der Waals surface area contributed by atoms with E-state index < -0.39 is 0 Å². The first-order chi connectivity index (χ1) is 13.8. The van der Waals surface area contributed by atoms with Gasteiger partial charge in [0.05, 0.1) is 12.3 Å². The molecule has 2 aromatic heterocycles. The largest absolute Gasteiger partial charge is 0.493 e. The van der Waals surface area contributed by atoms with Crippen molar-refractivity contribution in [2.24, 2.45) is 4.99 Å². The third-order valence-electron chi connectivity index (χ3n) is 4.86. The average Bonchev–Trinajstić information content (AvgIpc) is 3.33. The van der Waals surface area contributed by atoms with Gasteiger partial charge < -0.3 is 19.8 Å². The monoisotopic (exact) mass is 377 g/mol. The highest BCUT2D eigenvalue weighted by Gasteiger charge is 2.11. The Morgan fingerprint density at radius 3 is 3.07 bits per heavy atom. The molecule has 0 unspecified atom stereocenters. The number of hydrogen-bond acceptors (Lipinski definition) is 3. The van der Waals surface area contributed by atoms with Crippen LogP contribution >= 0.6 is 0 Å². The molecular formula is C22H27N5O. The number of fused-ring (bicyclic) bond motifs is 2. The van der Waals surface area contributed by atoms with Crippen LogP contribution in [0.15, 0.2) is 53.8 Å². The van der Waals surface area contributed by atoms with Gasteiger partial charge in [-0.2, -0.15) is 0 Å². The Labute approximate surface area is 165 Å². The van der Waals surface area contributed by atoms with Crippen molar-refractivity contribution in [1.82, 2.24) is 20.0 Å². The molecule has 146 valence electrons. The van der Waals surface area contributed by atoms with Gasteiger partial charge in [-0.15, -0.1) is 0 Å². The minimum absolute atomic E-state index is 0.704. The lowest BCUT2D eigenvalue weighted by atomic mass is 10.1. The van der Waals surface area contributed by atoms with E-state index in [2.05, 4.69) is 46.9 Å². The van der Waals surface area contributed by atoms with Crippen LogP contribution in [0.2, 0.25) is 0 Å². The Bertz CT molecular complexity index is 929. The summed E-state index contributed by atoms with van der Waals surface area (Å²) in [5.74, 6) is 1.90. The van der Waals surface area contributed by atoms with Crippen LogP contribution in [0.25, 0.3) is 5.65 Å². The van der Waals surface area contributed by atoms with Gasteiger partial charge in [0.1, 0.15) is 11.4 Å². The molecule has 6 nitrogen and oxygen atoms in total. The molecule has 1 aliphatic rings. The van der Waals surface area contributed by atoms with Crippen molar-refractivity contribution in [3.8, 4) is 5.75 Å². The number of aromatic nitrogens is 2. The van der Waals surface area contributed by atoms with Crippen molar-refractivity contribution >= 4 is 11.6 Å². The fourth-order valence-electron chi connectivity index (χ4n) is 3.45. The van der Waals surface area contributed by atoms with Crippen LogP contribution in [0.4, 0.5) is 0 Å². The van der Waals surface area contributed by atoms with E-state index in [4.69, 9.17) is 9.73 Å². The summed E-state index contributed by atoms with van der Waals surface area (Å²) in [4.78, 5) is 9.32. The Hall–Kier alpha value is -3.02. The van der Waals surface area contributed by atoms with E-state index in [9.17, 15) is 0 Å². The topological polar surface area (TPSA) is 63.0 Å². The Morgan fingerprint density at radius 1 is 1.21 bits per heavy atom. The van der Waals surface area contributed by atoms with E-state index in [1.165, 1.54) is 11.1 Å². The fourth-order valence-corrected chi connectivity index (χ4v) is 3.45. The van der Waals surface area contributed by atoms with Crippen LogP contribution in [0, 0.1) is 0 Å². The molecule has 0 atom stereocenters. The van der Waals surface area contributed by atoms with E-state index >= 15 is 0 Å². The summed E-state index contributed by atoms with van der Waals surface area (Å²) in [5.41, 5.74) is 4.69. The maximum absolute atomic E-state index is 5.58. The molecule has 0 fully saturated rings. The van der Waals surface area contributed by atoms with Gasteiger partial charge in [-0.1, -0.05) is 18.2 Å². The molecule has 0 radical (unpaired) electrons. The summed E-state index contributed by atoms with van der Waals surface area (Å²) >= 11 is 0. The van der Waals surface area contributed by atoms with Crippen molar-refractivity contribution in [3.05, 3.63) is 65.6 Å². The average molecular weight is 377 g/mol. The van der Waals surface area contributed by atoms with E-state index in [0.29, 0.717) is 6.54 Å². The van der Waals surface area contributed by atoms with Crippen molar-refractivity contribution in [2.75, 3.05) is 26.2 Å². The first kappa shape index (κ1) is 18.3. The predicted molar refractivity (Wildman–Crippen MR) is 112 cm³/mol. The number of nitrogens with one attached hydrogen (secondary N) is 2. The molecule has 1 aliphatic heterocycles. The van der Waals surface area contributed by atoms with Crippen molar-refractivity contribution in [3.63, 3.8) is 0 Å². The van der Waals surface area contributed by atoms with E-state index in [-0.39, 0.29) is 0 Å². The highest BCUT2D eigenvalue weighted by atomic mass is 16.5. The molecule has 0 saturated heterocycles. The van der Waals surface area contributed by atoms with Crippen LogP contribution in [-0.2, 0) is 19.3 Å². The molecule has 0 bridgehead atoms. The van der Waals surface area contributed by atoms with Gasteiger partial charge in [0.15, 0.2) is 5.96 Å². The van der Waals surface area contributed by atoms with Crippen LogP contribution < -0.4 is 15.4 Å². The number of aliphatic imine (C=N–C) groups is 1. The molecule has 0 spiro atoms.